The van der Waals surface area contributed by atoms with Gasteiger partial charge in [-0.25, -0.2) is 4.79 Å². The van der Waals surface area contributed by atoms with Gasteiger partial charge in [-0.2, -0.15) is 0 Å². The van der Waals surface area contributed by atoms with Crippen LogP contribution in [0, 0.1) is 6.92 Å². The SMILES string of the molecule is CCC(O)(CC)CNC(=O)NC1CCN(Cc2cccc(C)c2)CC1. The summed E-state index contributed by atoms with van der Waals surface area (Å²) >= 11 is 0. The highest BCUT2D eigenvalue weighted by Crippen LogP contribution is 2.15. The minimum Gasteiger partial charge on any atom is -0.388 e. The van der Waals surface area contributed by atoms with Gasteiger partial charge in [0.1, 0.15) is 0 Å². The van der Waals surface area contributed by atoms with E-state index in [2.05, 4.69) is 46.7 Å². The van der Waals surface area contributed by atoms with E-state index in [9.17, 15) is 9.90 Å². The Morgan fingerprint density at radius 3 is 2.56 bits per heavy atom. The maximum absolute atomic E-state index is 12.1. The fourth-order valence-electron chi connectivity index (χ4n) is 3.29. The van der Waals surface area contributed by atoms with Gasteiger partial charge in [0.25, 0.3) is 0 Å². The number of rotatable bonds is 7. The Hall–Kier alpha value is -1.59. The average molecular weight is 348 g/mol. The predicted octanol–water partition coefficient (Wildman–Crippen LogP) is 2.81. The molecule has 140 valence electrons. The summed E-state index contributed by atoms with van der Waals surface area (Å²) in [5.41, 5.74) is 1.85. The molecule has 0 saturated carbocycles. The zero-order valence-corrected chi connectivity index (χ0v) is 15.8. The molecule has 1 saturated heterocycles. The Bertz CT molecular complexity index is 550. The fourth-order valence-corrected chi connectivity index (χ4v) is 3.29. The van der Waals surface area contributed by atoms with Crippen LogP contribution in [-0.2, 0) is 6.54 Å². The fraction of sp³-hybridized carbons (Fsp3) is 0.650. The smallest absolute Gasteiger partial charge is 0.315 e. The molecule has 0 aromatic heterocycles. The van der Waals surface area contributed by atoms with Crippen LogP contribution in [-0.4, -0.2) is 47.3 Å². The van der Waals surface area contributed by atoms with E-state index >= 15 is 0 Å². The second kappa shape index (κ2) is 9.20. The van der Waals surface area contributed by atoms with Gasteiger partial charge in [-0.3, -0.25) is 4.90 Å². The number of aryl methyl sites for hydroxylation is 1. The molecule has 0 atom stereocenters. The van der Waals surface area contributed by atoms with Crippen molar-refractivity contribution in [2.75, 3.05) is 19.6 Å². The standard InChI is InChI=1S/C20H33N3O2/c1-4-20(25,5-2)15-21-19(24)22-18-9-11-23(12-10-18)14-17-8-6-7-16(3)13-17/h6-8,13,18,25H,4-5,9-12,14-15H2,1-3H3,(H2,21,22,24). The van der Waals surface area contributed by atoms with Gasteiger partial charge in [-0.1, -0.05) is 43.7 Å². The van der Waals surface area contributed by atoms with Gasteiger partial charge in [0.15, 0.2) is 0 Å². The van der Waals surface area contributed by atoms with Crippen molar-refractivity contribution in [3.8, 4) is 0 Å². The largest absolute Gasteiger partial charge is 0.388 e. The number of hydrogen-bond donors (Lipinski definition) is 3. The van der Waals surface area contributed by atoms with E-state index < -0.39 is 5.60 Å². The molecule has 1 aromatic carbocycles. The maximum Gasteiger partial charge on any atom is 0.315 e. The predicted molar refractivity (Wildman–Crippen MR) is 102 cm³/mol. The number of urea groups is 1. The normalized spacial score (nSPS) is 16.6. The van der Waals surface area contributed by atoms with Crippen LogP contribution in [0.5, 0.6) is 0 Å². The topological polar surface area (TPSA) is 64.6 Å². The van der Waals surface area contributed by atoms with Crippen LogP contribution < -0.4 is 10.6 Å². The molecule has 5 heteroatoms. The van der Waals surface area contributed by atoms with Crippen molar-refractivity contribution in [3.63, 3.8) is 0 Å². The molecule has 0 spiro atoms. The monoisotopic (exact) mass is 347 g/mol. The highest BCUT2D eigenvalue weighted by molar-refractivity contribution is 5.74. The molecular weight excluding hydrogens is 314 g/mol. The number of nitrogens with zero attached hydrogens (tertiary/aromatic N) is 1. The first kappa shape index (κ1) is 19.7. The molecule has 25 heavy (non-hydrogen) atoms. The van der Waals surface area contributed by atoms with Crippen molar-refractivity contribution in [1.29, 1.82) is 0 Å². The summed E-state index contributed by atoms with van der Waals surface area (Å²) in [6.07, 6.45) is 3.21. The first-order chi connectivity index (χ1) is 11.9. The molecule has 1 heterocycles. The second-order valence-corrected chi connectivity index (χ2v) is 7.30. The van der Waals surface area contributed by atoms with Crippen LogP contribution in [0.15, 0.2) is 24.3 Å². The molecule has 0 bridgehead atoms. The summed E-state index contributed by atoms with van der Waals surface area (Å²) in [4.78, 5) is 14.5. The summed E-state index contributed by atoms with van der Waals surface area (Å²) in [5, 5.41) is 16.1. The van der Waals surface area contributed by atoms with Crippen LogP contribution in [0.3, 0.4) is 0 Å². The lowest BCUT2D eigenvalue weighted by atomic mass is 9.98. The van der Waals surface area contributed by atoms with E-state index in [-0.39, 0.29) is 12.1 Å². The van der Waals surface area contributed by atoms with E-state index in [1.165, 1.54) is 11.1 Å². The Balaban J connectivity index is 1.70. The molecule has 1 aliphatic rings. The van der Waals surface area contributed by atoms with Gasteiger partial charge in [-0.15, -0.1) is 0 Å². The lowest BCUT2D eigenvalue weighted by molar-refractivity contribution is 0.0347. The van der Waals surface area contributed by atoms with E-state index in [0.717, 1.165) is 32.5 Å². The first-order valence-electron chi connectivity index (χ1n) is 9.48. The Morgan fingerprint density at radius 2 is 1.96 bits per heavy atom. The minimum absolute atomic E-state index is 0.169. The molecule has 0 unspecified atom stereocenters. The third kappa shape index (κ3) is 6.33. The van der Waals surface area contributed by atoms with Crippen molar-refractivity contribution < 1.29 is 9.90 Å². The summed E-state index contributed by atoms with van der Waals surface area (Å²) in [6.45, 7) is 9.26. The van der Waals surface area contributed by atoms with Gasteiger partial charge >= 0.3 is 6.03 Å². The van der Waals surface area contributed by atoms with E-state index in [4.69, 9.17) is 0 Å². The third-order valence-corrected chi connectivity index (χ3v) is 5.31. The molecule has 1 fully saturated rings. The van der Waals surface area contributed by atoms with Gasteiger partial charge in [0.2, 0.25) is 0 Å². The summed E-state index contributed by atoms with van der Waals surface area (Å²) in [5.74, 6) is 0. The minimum atomic E-state index is -0.797. The van der Waals surface area contributed by atoms with Gasteiger partial charge in [-0.05, 0) is 38.2 Å². The van der Waals surface area contributed by atoms with Crippen LogP contribution in [0.4, 0.5) is 4.79 Å². The van der Waals surface area contributed by atoms with Crippen molar-refractivity contribution in [1.82, 2.24) is 15.5 Å². The van der Waals surface area contributed by atoms with Gasteiger partial charge < -0.3 is 15.7 Å². The molecule has 1 aromatic rings. The summed E-state index contributed by atoms with van der Waals surface area (Å²) in [7, 11) is 0. The molecular formula is C20H33N3O2. The third-order valence-electron chi connectivity index (χ3n) is 5.31. The molecule has 5 nitrogen and oxygen atoms in total. The Labute approximate surface area is 151 Å². The average Bonchev–Trinajstić information content (AvgIpc) is 2.61. The second-order valence-electron chi connectivity index (χ2n) is 7.30. The molecule has 3 N–H and O–H groups in total. The summed E-state index contributed by atoms with van der Waals surface area (Å²) < 4.78 is 0. The van der Waals surface area contributed by atoms with Gasteiger partial charge in [0, 0.05) is 32.2 Å². The van der Waals surface area contributed by atoms with Crippen molar-refractivity contribution in [2.24, 2.45) is 0 Å². The lowest BCUT2D eigenvalue weighted by Gasteiger charge is -2.33. The molecule has 1 aliphatic heterocycles. The highest BCUT2D eigenvalue weighted by Gasteiger charge is 2.24. The molecule has 2 rings (SSSR count). The van der Waals surface area contributed by atoms with Crippen LogP contribution >= 0.6 is 0 Å². The number of piperidine rings is 1. The zero-order chi connectivity index (χ0) is 18.3. The summed E-state index contributed by atoms with van der Waals surface area (Å²) in [6, 6.07) is 8.68. The lowest BCUT2D eigenvalue weighted by Crippen LogP contribution is -2.50. The number of aliphatic hydroxyl groups is 1. The van der Waals surface area contributed by atoms with Crippen molar-refractivity contribution >= 4 is 6.03 Å². The number of carbonyl (C=O) groups is 1. The van der Waals surface area contributed by atoms with Crippen LogP contribution in [0.25, 0.3) is 0 Å². The highest BCUT2D eigenvalue weighted by atomic mass is 16.3. The maximum atomic E-state index is 12.1. The van der Waals surface area contributed by atoms with Crippen molar-refractivity contribution in [3.05, 3.63) is 35.4 Å². The van der Waals surface area contributed by atoms with E-state index in [1.54, 1.807) is 0 Å². The number of nitrogens with one attached hydrogen (secondary N) is 2. The number of benzene rings is 1. The van der Waals surface area contributed by atoms with Gasteiger partial charge in [0.05, 0.1) is 5.60 Å². The van der Waals surface area contributed by atoms with Crippen LogP contribution in [0.2, 0.25) is 0 Å². The number of hydrogen-bond acceptors (Lipinski definition) is 3. The molecule has 2 amide bonds. The van der Waals surface area contributed by atoms with E-state index in [1.807, 2.05) is 13.8 Å². The number of amides is 2. The quantitative estimate of drug-likeness (QED) is 0.711. The number of carbonyl (C=O) groups excluding carboxylic acids is 1. The Morgan fingerprint density at radius 1 is 1.28 bits per heavy atom. The zero-order valence-electron chi connectivity index (χ0n) is 15.8. The molecule has 0 radical (unpaired) electrons. The molecule has 0 aliphatic carbocycles. The first-order valence-corrected chi connectivity index (χ1v) is 9.48. The number of likely N-dealkylation sites (tertiary alicyclic amines) is 1. The van der Waals surface area contributed by atoms with Crippen molar-refractivity contribution in [2.45, 2.75) is 64.6 Å². The van der Waals surface area contributed by atoms with E-state index in [0.29, 0.717) is 19.4 Å². The Kier molecular flexibility index (Phi) is 7.26. The van der Waals surface area contributed by atoms with Crippen LogP contribution in [0.1, 0.15) is 50.7 Å².